The van der Waals surface area contributed by atoms with Crippen molar-refractivity contribution in [3.05, 3.63) is 0 Å². The van der Waals surface area contributed by atoms with Gasteiger partial charge in [0.1, 0.15) is 0 Å². The lowest BCUT2D eigenvalue weighted by Gasteiger charge is -2.28. The summed E-state index contributed by atoms with van der Waals surface area (Å²) in [6.07, 6.45) is -3.83. The first-order valence-corrected chi connectivity index (χ1v) is 3.80. The van der Waals surface area contributed by atoms with Crippen LogP contribution < -0.4 is 11.5 Å². The lowest BCUT2D eigenvalue weighted by molar-refractivity contribution is 0.0934. The summed E-state index contributed by atoms with van der Waals surface area (Å²) in [6.45, 7) is 0.744. The van der Waals surface area contributed by atoms with E-state index in [1.807, 2.05) is 0 Å². The maximum atomic E-state index is 12.9. The molecular weight excluding hydrogens is 169 g/mol. The van der Waals surface area contributed by atoms with Crippen LogP contribution in [0.1, 0.15) is 19.8 Å². The van der Waals surface area contributed by atoms with Crippen molar-refractivity contribution in [1.29, 1.82) is 0 Å². The lowest BCUT2D eigenvalue weighted by Crippen LogP contribution is -2.52. The van der Waals surface area contributed by atoms with Gasteiger partial charge in [-0.15, -0.1) is 0 Å². The number of nitrogens with two attached hydrogens (primary N) is 2. The van der Waals surface area contributed by atoms with E-state index in [4.69, 9.17) is 5.73 Å². The molecule has 0 aromatic carbocycles. The Balaban J connectivity index is 3.99. The van der Waals surface area contributed by atoms with Crippen LogP contribution in [-0.4, -0.2) is 24.7 Å². The van der Waals surface area contributed by atoms with Crippen molar-refractivity contribution in [3.8, 4) is 0 Å². The molecule has 0 amide bonds. The number of alkyl halides is 3. The predicted molar refractivity (Wildman–Crippen MR) is 41.8 cm³/mol. The molecule has 0 aromatic rings. The molecule has 5 heteroatoms. The minimum atomic E-state index is -2.10. The first kappa shape index (κ1) is 11.7. The number of rotatable bonds is 5. The van der Waals surface area contributed by atoms with Gasteiger partial charge in [0.05, 0.1) is 6.67 Å². The molecule has 0 aliphatic carbocycles. The van der Waals surface area contributed by atoms with Gasteiger partial charge in [-0.2, -0.15) is 0 Å². The molecule has 0 aromatic heterocycles. The van der Waals surface area contributed by atoms with Crippen LogP contribution in [0.25, 0.3) is 0 Å². The quantitative estimate of drug-likeness (QED) is 0.627. The van der Waals surface area contributed by atoms with Gasteiger partial charge in [0.2, 0.25) is 0 Å². The minimum Gasteiger partial charge on any atom is -0.323 e. The molecule has 0 saturated carbocycles. The number of halogens is 3. The van der Waals surface area contributed by atoms with Crippen LogP contribution in [0.5, 0.6) is 0 Å². The standard InChI is InChI=1S/C7H15F3N2/c1-7(12,3-2-4-8)5(9)6(10)11/h5-6H,2-4,11-12H2,1H3. The Hall–Kier alpha value is -0.290. The molecule has 0 radical (unpaired) electrons. The zero-order chi connectivity index (χ0) is 9.78. The van der Waals surface area contributed by atoms with Gasteiger partial charge >= 0.3 is 0 Å². The van der Waals surface area contributed by atoms with Gasteiger partial charge in [0.15, 0.2) is 12.5 Å². The van der Waals surface area contributed by atoms with Crippen LogP contribution in [-0.2, 0) is 0 Å². The monoisotopic (exact) mass is 184 g/mol. The van der Waals surface area contributed by atoms with E-state index in [0.29, 0.717) is 0 Å². The fourth-order valence-corrected chi connectivity index (χ4v) is 0.949. The minimum absolute atomic E-state index is 0.0856. The van der Waals surface area contributed by atoms with Crippen LogP contribution in [0.3, 0.4) is 0 Å². The predicted octanol–water partition coefficient (Wildman–Crippen LogP) is 1.05. The average molecular weight is 184 g/mol. The lowest BCUT2D eigenvalue weighted by atomic mass is 9.91. The molecule has 0 heterocycles. The third-order valence-electron chi connectivity index (χ3n) is 1.76. The van der Waals surface area contributed by atoms with Crippen LogP contribution in [0.4, 0.5) is 13.2 Å². The molecule has 0 rings (SSSR count). The maximum Gasteiger partial charge on any atom is 0.181 e. The molecule has 4 N–H and O–H groups in total. The topological polar surface area (TPSA) is 52.0 Å². The van der Waals surface area contributed by atoms with E-state index in [1.165, 1.54) is 6.92 Å². The highest BCUT2D eigenvalue weighted by atomic mass is 19.2. The fourth-order valence-electron chi connectivity index (χ4n) is 0.949. The summed E-state index contributed by atoms with van der Waals surface area (Å²) in [4.78, 5) is 0. The molecule has 0 spiro atoms. The van der Waals surface area contributed by atoms with Gasteiger partial charge in [-0.25, -0.2) is 8.78 Å². The van der Waals surface area contributed by atoms with Crippen molar-refractivity contribution in [3.63, 3.8) is 0 Å². The Morgan fingerprint density at radius 2 is 1.92 bits per heavy atom. The van der Waals surface area contributed by atoms with Crippen molar-refractivity contribution in [1.82, 2.24) is 0 Å². The molecule has 12 heavy (non-hydrogen) atoms. The van der Waals surface area contributed by atoms with Crippen LogP contribution in [0.15, 0.2) is 0 Å². The smallest absolute Gasteiger partial charge is 0.181 e. The molecular formula is C7H15F3N2. The van der Waals surface area contributed by atoms with Crippen molar-refractivity contribution < 1.29 is 13.2 Å². The molecule has 74 valence electrons. The zero-order valence-electron chi connectivity index (χ0n) is 7.06. The maximum absolute atomic E-state index is 12.9. The fraction of sp³-hybridized carbons (Fsp3) is 1.00. The normalized spacial score (nSPS) is 21.5. The first-order chi connectivity index (χ1) is 5.41. The molecule has 0 bridgehead atoms. The second-order valence-electron chi connectivity index (χ2n) is 3.14. The number of hydrogen-bond donors (Lipinski definition) is 2. The van der Waals surface area contributed by atoms with Crippen molar-refractivity contribution in [2.45, 2.75) is 37.8 Å². The van der Waals surface area contributed by atoms with Crippen LogP contribution in [0, 0.1) is 0 Å². The highest BCUT2D eigenvalue weighted by Gasteiger charge is 2.34. The number of hydrogen-bond acceptors (Lipinski definition) is 2. The highest BCUT2D eigenvalue weighted by Crippen LogP contribution is 2.19. The largest absolute Gasteiger partial charge is 0.323 e. The molecule has 0 saturated heterocycles. The Morgan fingerprint density at radius 1 is 1.42 bits per heavy atom. The molecule has 0 fully saturated rings. The Kier molecular flexibility index (Phi) is 4.55. The summed E-state index contributed by atoms with van der Waals surface area (Å²) in [5.74, 6) is 0. The van der Waals surface area contributed by atoms with E-state index >= 15 is 0 Å². The summed E-state index contributed by atoms with van der Waals surface area (Å²) in [7, 11) is 0. The van der Waals surface area contributed by atoms with Gasteiger partial charge in [-0.3, -0.25) is 10.1 Å². The van der Waals surface area contributed by atoms with E-state index in [0.717, 1.165) is 0 Å². The van der Waals surface area contributed by atoms with Crippen molar-refractivity contribution in [2.75, 3.05) is 6.67 Å². The van der Waals surface area contributed by atoms with E-state index in [9.17, 15) is 13.2 Å². The first-order valence-electron chi connectivity index (χ1n) is 3.80. The third kappa shape index (κ3) is 3.40. The Morgan fingerprint density at radius 3 is 2.25 bits per heavy atom. The molecule has 3 atom stereocenters. The van der Waals surface area contributed by atoms with E-state index in [-0.39, 0.29) is 12.8 Å². The zero-order valence-corrected chi connectivity index (χ0v) is 7.06. The van der Waals surface area contributed by atoms with Gasteiger partial charge in [0, 0.05) is 5.54 Å². The third-order valence-corrected chi connectivity index (χ3v) is 1.76. The van der Waals surface area contributed by atoms with Crippen LogP contribution in [0.2, 0.25) is 0 Å². The second-order valence-corrected chi connectivity index (χ2v) is 3.14. The summed E-state index contributed by atoms with van der Waals surface area (Å²) in [5, 5.41) is 0. The van der Waals surface area contributed by atoms with E-state index in [2.05, 4.69) is 5.73 Å². The SMILES string of the molecule is CC(N)(CCCF)C(F)C(N)F. The molecule has 2 nitrogen and oxygen atoms in total. The Labute approximate surface area is 70.1 Å². The van der Waals surface area contributed by atoms with E-state index < -0.39 is 24.7 Å². The van der Waals surface area contributed by atoms with Crippen LogP contribution >= 0.6 is 0 Å². The second kappa shape index (κ2) is 4.67. The summed E-state index contributed by atoms with van der Waals surface area (Å²) in [6, 6.07) is 0. The summed E-state index contributed by atoms with van der Waals surface area (Å²) in [5.41, 5.74) is 8.69. The average Bonchev–Trinajstić information content (AvgIpc) is 1.99. The van der Waals surface area contributed by atoms with Gasteiger partial charge < -0.3 is 5.73 Å². The molecule has 3 unspecified atom stereocenters. The van der Waals surface area contributed by atoms with Gasteiger partial charge in [-0.1, -0.05) is 0 Å². The van der Waals surface area contributed by atoms with Crippen molar-refractivity contribution in [2.24, 2.45) is 11.5 Å². The summed E-state index contributed by atoms with van der Waals surface area (Å²) >= 11 is 0. The van der Waals surface area contributed by atoms with Gasteiger partial charge in [0.25, 0.3) is 0 Å². The van der Waals surface area contributed by atoms with Gasteiger partial charge in [-0.05, 0) is 19.8 Å². The van der Waals surface area contributed by atoms with E-state index in [1.54, 1.807) is 0 Å². The Bertz CT molecular complexity index is 128. The summed E-state index contributed by atoms with van der Waals surface area (Å²) < 4.78 is 36.8. The molecule has 0 aliphatic heterocycles. The van der Waals surface area contributed by atoms with Crippen molar-refractivity contribution >= 4 is 0 Å². The molecule has 0 aliphatic rings. The highest BCUT2D eigenvalue weighted by molar-refractivity contribution is 4.89.